The van der Waals surface area contributed by atoms with Crippen LogP contribution in [0.2, 0.25) is 0 Å². The second kappa shape index (κ2) is 8.74. The molecule has 0 aliphatic carbocycles. The van der Waals surface area contributed by atoms with Crippen LogP contribution in [0.4, 0.5) is 5.69 Å². The van der Waals surface area contributed by atoms with Gasteiger partial charge in [0.25, 0.3) is 15.9 Å². The minimum Gasteiger partial charge on any atom is -0.454 e. The van der Waals surface area contributed by atoms with E-state index in [0.29, 0.717) is 22.7 Å². The molecule has 174 valence electrons. The van der Waals surface area contributed by atoms with Crippen molar-refractivity contribution in [2.75, 3.05) is 12.1 Å². The van der Waals surface area contributed by atoms with E-state index in [1.165, 1.54) is 13.0 Å². The fourth-order valence-electron chi connectivity index (χ4n) is 3.36. The molecule has 2 atom stereocenters. The van der Waals surface area contributed by atoms with E-state index < -0.39 is 34.0 Å². The highest BCUT2D eigenvalue weighted by Crippen LogP contribution is 2.34. The topological polar surface area (TPSA) is 132 Å². The van der Waals surface area contributed by atoms with E-state index in [-0.39, 0.29) is 23.4 Å². The van der Waals surface area contributed by atoms with Crippen molar-refractivity contribution in [3.63, 3.8) is 0 Å². The number of benzene rings is 2. The molecule has 0 saturated heterocycles. The summed E-state index contributed by atoms with van der Waals surface area (Å²) in [7, 11) is -3.74. The number of carbonyl (C=O) groups is 2. The number of aliphatic imine (C=N–C) groups is 1. The standard InChI is InChI=1S/C22H23N3O7S/c1-12(2)19(24-20-15-6-4-5-7-18(15)33(28,29)25-20)22(27)32-13(3)21(26)23-14-8-9-16-17(10-14)31-11-30-16/h4-10,12-13,19H,11H2,1-3H3,(H,23,26)(H,24,25). The molecule has 0 saturated carbocycles. The zero-order chi connectivity index (χ0) is 23.8. The van der Waals surface area contributed by atoms with Crippen LogP contribution in [0.25, 0.3) is 0 Å². The van der Waals surface area contributed by atoms with Crippen LogP contribution in [0.3, 0.4) is 0 Å². The molecule has 2 unspecified atom stereocenters. The Bertz CT molecular complexity index is 1240. The lowest BCUT2D eigenvalue weighted by atomic mass is 10.0. The van der Waals surface area contributed by atoms with E-state index >= 15 is 0 Å². The van der Waals surface area contributed by atoms with Gasteiger partial charge in [-0.15, -0.1) is 0 Å². The number of nitrogens with one attached hydrogen (secondary N) is 2. The van der Waals surface area contributed by atoms with Gasteiger partial charge >= 0.3 is 5.97 Å². The average Bonchev–Trinajstić information content (AvgIpc) is 3.33. The van der Waals surface area contributed by atoms with E-state index in [2.05, 4.69) is 15.0 Å². The summed E-state index contributed by atoms with van der Waals surface area (Å²) in [6.45, 7) is 5.06. The number of anilines is 1. The monoisotopic (exact) mass is 473 g/mol. The zero-order valence-corrected chi connectivity index (χ0v) is 19.0. The number of hydrogen-bond acceptors (Lipinski definition) is 8. The smallest absolute Gasteiger partial charge is 0.331 e. The molecule has 2 aliphatic rings. The van der Waals surface area contributed by atoms with Gasteiger partial charge < -0.3 is 19.5 Å². The maximum absolute atomic E-state index is 12.8. The molecule has 0 bridgehead atoms. The second-order valence-corrected chi connectivity index (χ2v) is 9.56. The SMILES string of the molecule is CC(OC(=O)C(N=C1NS(=O)(=O)c2ccccc21)C(C)C)C(=O)Nc1ccc2c(c1)OCO2. The number of amidine groups is 1. The van der Waals surface area contributed by atoms with Crippen LogP contribution in [0.15, 0.2) is 52.4 Å². The lowest BCUT2D eigenvalue weighted by Gasteiger charge is -2.19. The normalized spacial score (nSPS) is 18.4. The summed E-state index contributed by atoms with van der Waals surface area (Å²) >= 11 is 0. The first kappa shape index (κ1) is 22.6. The van der Waals surface area contributed by atoms with Gasteiger partial charge in [-0.1, -0.05) is 26.0 Å². The van der Waals surface area contributed by atoms with Crippen molar-refractivity contribution in [2.24, 2.45) is 10.9 Å². The van der Waals surface area contributed by atoms with E-state index in [0.717, 1.165) is 0 Å². The molecule has 2 N–H and O–H groups in total. The Kier molecular flexibility index (Phi) is 5.98. The van der Waals surface area contributed by atoms with Gasteiger partial charge in [0.15, 0.2) is 23.6 Å². The summed E-state index contributed by atoms with van der Waals surface area (Å²) in [5.41, 5.74) is 0.842. The van der Waals surface area contributed by atoms with E-state index in [1.54, 1.807) is 50.2 Å². The Hall–Kier alpha value is -3.60. The number of hydrogen-bond donors (Lipinski definition) is 2. The van der Waals surface area contributed by atoms with Crippen molar-refractivity contribution in [3.05, 3.63) is 48.0 Å². The van der Waals surface area contributed by atoms with Crippen LogP contribution in [-0.4, -0.2) is 45.1 Å². The molecule has 33 heavy (non-hydrogen) atoms. The largest absolute Gasteiger partial charge is 0.454 e. The number of fused-ring (bicyclic) bond motifs is 2. The molecule has 2 aliphatic heterocycles. The van der Waals surface area contributed by atoms with Crippen molar-refractivity contribution in [2.45, 2.75) is 37.8 Å². The number of nitrogens with zero attached hydrogens (tertiary/aromatic N) is 1. The molecule has 0 aromatic heterocycles. The molecule has 0 spiro atoms. The lowest BCUT2D eigenvalue weighted by molar-refractivity contribution is -0.155. The first-order valence-electron chi connectivity index (χ1n) is 10.3. The fraction of sp³-hybridized carbons (Fsp3) is 0.318. The molecule has 2 heterocycles. The van der Waals surface area contributed by atoms with Gasteiger partial charge in [0.1, 0.15) is 5.84 Å². The number of amides is 1. The highest BCUT2D eigenvalue weighted by atomic mass is 32.2. The van der Waals surface area contributed by atoms with Crippen molar-refractivity contribution >= 4 is 33.4 Å². The summed E-state index contributed by atoms with van der Waals surface area (Å²) in [6, 6.07) is 10.3. The van der Waals surface area contributed by atoms with Crippen molar-refractivity contribution in [1.82, 2.24) is 4.72 Å². The molecule has 1 amide bonds. The number of sulfonamides is 1. The van der Waals surface area contributed by atoms with Gasteiger partial charge in [-0.2, -0.15) is 0 Å². The van der Waals surface area contributed by atoms with E-state index in [4.69, 9.17) is 14.2 Å². The quantitative estimate of drug-likeness (QED) is 0.614. The minimum absolute atomic E-state index is 0.0683. The minimum atomic E-state index is -3.74. The van der Waals surface area contributed by atoms with Gasteiger partial charge in [0.2, 0.25) is 6.79 Å². The van der Waals surface area contributed by atoms with Crippen LogP contribution in [0.1, 0.15) is 26.3 Å². The number of ether oxygens (including phenoxy) is 3. The molecular formula is C22H23N3O7S. The van der Waals surface area contributed by atoms with Crippen molar-refractivity contribution in [3.8, 4) is 11.5 Å². The van der Waals surface area contributed by atoms with Crippen molar-refractivity contribution < 1.29 is 32.2 Å². The second-order valence-electron chi connectivity index (χ2n) is 7.90. The molecule has 2 aromatic rings. The summed E-state index contributed by atoms with van der Waals surface area (Å²) < 4.78 is 42.9. The molecule has 2 aromatic carbocycles. The fourth-order valence-corrected chi connectivity index (χ4v) is 4.60. The van der Waals surface area contributed by atoms with Crippen LogP contribution in [0, 0.1) is 5.92 Å². The van der Waals surface area contributed by atoms with Crippen LogP contribution in [-0.2, 0) is 24.3 Å². The van der Waals surface area contributed by atoms with E-state index in [9.17, 15) is 18.0 Å². The van der Waals surface area contributed by atoms with Gasteiger partial charge in [0, 0.05) is 17.3 Å². The first-order valence-corrected chi connectivity index (χ1v) is 11.7. The Labute approximate surface area is 191 Å². The van der Waals surface area contributed by atoms with Crippen LogP contribution >= 0.6 is 0 Å². The predicted molar refractivity (Wildman–Crippen MR) is 119 cm³/mol. The van der Waals surface area contributed by atoms with Gasteiger partial charge in [-0.05, 0) is 37.1 Å². The van der Waals surface area contributed by atoms with Crippen molar-refractivity contribution in [1.29, 1.82) is 0 Å². The highest BCUT2D eigenvalue weighted by molar-refractivity contribution is 7.90. The summed E-state index contributed by atoms with van der Waals surface area (Å²) in [5, 5.41) is 2.66. The first-order chi connectivity index (χ1) is 15.7. The third-order valence-corrected chi connectivity index (χ3v) is 6.50. The summed E-state index contributed by atoms with van der Waals surface area (Å²) in [5.74, 6) is -0.438. The predicted octanol–water partition coefficient (Wildman–Crippen LogP) is 2.05. The summed E-state index contributed by atoms with van der Waals surface area (Å²) in [6.07, 6.45) is -1.11. The van der Waals surface area contributed by atoms with Gasteiger partial charge in [0.05, 0.1) is 4.90 Å². The van der Waals surface area contributed by atoms with Gasteiger partial charge in [-0.3, -0.25) is 14.5 Å². The van der Waals surface area contributed by atoms with Crippen LogP contribution < -0.4 is 19.5 Å². The molecule has 11 heteroatoms. The third-order valence-electron chi connectivity index (χ3n) is 5.11. The Morgan fingerprint density at radius 3 is 2.58 bits per heavy atom. The summed E-state index contributed by atoms with van der Waals surface area (Å²) in [4.78, 5) is 29.8. The average molecular weight is 474 g/mol. The highest BCUT2D eigenvalue weighted by Gasteiger charge is 2.34. The molecule has 0 radical (unpaired) electrons. The van der Waals surface area contributed by atoms with Gasteiger partial charge in [-0.25, -0.2) is 13.2 Å². The molecular weight excluding hydrogens is 450 g/mol. The molecule has 4 rings (SSSR count). The molecule has 0 fully saturated rings. The maximum atomic E-state index is 12.8. The molecule has 10 nitrogen and oxygen atoms in total. The van der Waals surface area contributed by atoms with Crippen LogP contribution in [0.5, 0.6) is 11.5 Å². The zero-order valence-electron chi connectivity index (χ0n) is 18.2. The Morgan fingerprint density at radius 2 is 1.82 bits per heavy atom. The Balaban J connectivity index is 1.46. The number of carbonyl (C=O) groups excluding carboxylic acids is 2. The number of rotatable bonds is 6. The van der Waals surface area contributed by atoms with E-state index in [1.807, 2.05) is 0 Å². The third kappa shape index (κ3) is 4.63. The lowest BCUT2D eigenvalue weighted by Crippen LogP contribution is -2.37. The Morgan fingerprint density at radius 1 is 1.09 bits per heavy atom. The number of esters is 1. The maximum Gasteiger partial charge on any atom is 0.331 e.